The summed E-state index contributed by atoms with van der Waals surface area (Å²) in [5.74, 6) is 2.31. The molecule has 6 nitrogen and oxygen atoms in total. The van der Waals surface area contributed by atoms with E-state index in [2.05, 4.69) is 31.1 Å². The van der Waals surface area contributed by atoms with E-state index >= 15 is 0 Å². The summed E-state index contributed by atoms with van der Waals surface area (Å²) in [6.45, 7) is 8.95. The van der Waals surface area contributed by atoms with Gasteiger partial charge in [0.05, 0.1) is 25.0 Å². The fourth-order valence-corrected chi connectivity index (χ4v) is 6.17. The fourth-order valence-electron chi connectivity index (χ4n) is 4.00. The first-order valence-corrected chi connectivity index (χ1v) is 12.4. The molecule has 32 heavy (non-hydrogen) atoms. The summed E-state index contributed by atoms with van der Waals surface area (Å²) in [5.41, 5.74) is 4.35. The Morgan fingerprint density at radius 1 is 1.19 bits per heavy atom. The maximum absolute atomic E-state index is 6.08. The van der Waals surface area contributed by atoms with Crippen LogP contribution in [0.1, 0.15) is 41.2 Å². The molecule has 0 unspecified atom stereocenters. The standard InChI is InChI=1S/C24H26N4O2S2/c1-14-10-15(2)28(27-14)23-25-21(31-13-16-6-8-17(29-5)9-7-16)20-18-11-24(3,4)30-12-19(18)32-22(20)26-23/h6-10H,11-13H2,1-5H3. The summed E-state index contributed by atoms with van der Waals surface area (Å²) in [5, 5.41) is 6.79. The SMILES string of the molecule is COc1ccc(CSc2nc(-n3nc(C)cc3C)nc3sc4c(c23)CC(C)(C)OC4)cc1. The van der Waals surface area contributed by atoms with Gasteiger partial charge in [0.25, 0.3) is 5.95 Å². The van der Waals surface area contributed by atoms with Crippen molar-refractivity contribution in [2.45, 2.75) is 57.1 Å². The van der Waals surface area contributed by atoms with Gasteiger partial charge in [-0.25, -0.2) is 9.67 Å². The van der Waals surface area contributed by atoms with Crippen molar-refractivity contribution < 1.29 is 9.47 Å². The Balaban J connectivity index is 1.60. The van der Waals surface area contributed by atoms with Gasteiger partial charge in [-0.1, -0.05) is 12.1 Å². The second-order valence-electron chi connectivity index (χ2n) is 8.71. The number of aromatic nitrogens is 4. The van der Waals surface area contributed by atoms with Crippen LogP contribution in [0.5, 0.6) is 5.75 Å². The van der Waals surface area contributed by atoms with Crippen LogP contribution in [0.4, 0.5) is 0 Å². The number of nitrogens with zero attached hydrogens (tertiary/aromatic N) is 4. The normalized spacial score (nSPS) is 15.2. The first-order valence-electron chi connectivity index (χ1n) is 10.6. The van der Waals surface area contributed by atoms with E-state index in [9.17, 15) is 0 Å². The highest BCUT2D eigenvalue weighted by atomic mass is 32.2. The van der Waals surface area contributed by atoms with Gasteiger partial charge < -0.3 is 9.47 Å². The van der Waals surface area contributed by atoms with Gasteiger partial charge in [-0.2, -0.15) is 10.1 Å². The smallest absolute Gasteiger partial charge is 0.253 e. The fraction of sp³-hybridized carbons (Fsp3) is 0.375. The van der Waals surface area contributed by atoms with E-state index in [0.717, 1.165) is 39.2 Å². The Morgan fingerprint density at radius 2 is 1.97 bits per heavy atom. The molecule has 0 atom stereocenters. The van der Waals surface area contributed by atoms with Crippen LogP contribution in [0.15, 0.2) is 35.4 Å². The summed E-state index contributed by atoms with van der Waals surface area (Å²) in [4.78, 5) is 12.2. The number of benzene rings is 1. The Labute approximate surface area is 196 Å². The minimum absolute atomic E-state index is 0.187. The van der Waals surface area contributed by atoms with Crippen molar-refractivity contribution in [1.29, 1.82) is 0 Å². The van der Waals surface area contributed by atoms with Crippen LogP contribution in [0.3, 0.4) is 0 Å². The Morgan fingerprint density at radius 3 is 2.66 bits per heavy atom. The number of thioether (sulfide) groups is 1. The molecule has 0 bridgehead atoms. The quantitative estimate of drug-likeness (QED) is 0.280. The zero-order valence-electron chi connectivity index (χ0n) is 18.9. The predicted molar refractivity (Wildman–Crippen MR) is 129 cm³/mol. The van der Waals surface area contributed by atoms with Gasteiger partial charge >= 0.3 is 0 Å². The molecule has 0 saturated carbocycles. The van der Waals surface area contributed by atoms with Gasteiger partial charge in [0.15, 0.2) is 0 Å². The number of ether oxygens (including phenoxy) is 2. The first-order chi connectivity index (χ1) is 15.3. The zero-order chi connectivity index (χ0) is 22.5. The molecule has 0 spiro atoms. The van der Waals surface area contributed by atoms with Gasteiger partial charge in [-0.3, -0.25) is 0 Å². The predicted octanol–water partition coefficient (Wildman–Crippen LogP) is 5.65. The molecule has 3 aromatic heterocycles. The van der Waals surface area contributed by atoms with E-state index in [1.54, 1.807) is 30.2 Å². The molecule has 0 saturated heterocycles. The average molecular weight is 467 g/mol. The van der Waals surface area contributed by atoms with Crippen LogP contribution in [0.2, 0.25) is 0 Å². The number of hydrogen-bond acceptors (Lipinski definition) is 7. The number of thiophene rings is 1. The van der Waals surface area contributed by atoms with E-state index in [-0.39, 0.29) is 5.60 Å². The van der Waals surface area contributed by atoms with Gasteiger partial charge in [-0.05, 0) is 57.0 Å². The van der Waals surface area contributed by atoms with Crippen LogP contribution in [-0.4, -0.2) is 32.5 Å². The number of aryl methyl sites for hydroxylation is 2. The lowest BCUT2D eigenvalue weighted by Crippen LogP contribution is -2.31. The van der Waals surface area contributed by atoms with Crippen molar-refractivity contribution in [2.75, 3.05) is 7.11 Å². The number of fused-ring (bicyclic) bond motifs is 3. The van der Waals surface area contributed by atoms with Crippen molar-refractivity contribution in [2.24, 2.45) is 0 Å². The van der Waals surface area contributed by atoms with E-state index in [0.29, 0.717) is 12.6 Å². The third kappa shape index (κ3) is 4.02. The van der Waals surface area contributed by atoms with Gasteiger partial charge in [-0.15, -0.1) is 23.1 Å². The highest BCUT2D eigenvalue weighted by Crippen LogP contribution is 2.42. The molecule has 4 aromatic rings. The number of hydrogen-bond donors (Lipinski definition) is 0. The largest absolute Gasteiger partial charge is 0.497 e. The second kappa shape index (κ2) is 8.17. The Hall–Kier alpha value is -2.42. The molecule has 5 rings (SSSR count). The molecular formula is C24H26N4O2S2. The number of rotatable bonds is 5. The number of methoxy groups -OCH3 is 1. The second-order valence-corrected chi connectivity index (χ2v) is 10.8. The van der Waals surface area contributed by atoms with Crippen molar-refractivity contribution >= 4 is 33.3 Å². The lowest BCUT2D eigenvalue weighted by atomic mass is 9.95. The summed E-state index contributed by atoms with van der Waals surface area (Å²) in [6, 6.07) is 10.3. The van der Waals surface area contributed by atoms with E-state index < -0.39 is 0 Å². The van der Waals surface area contributed by atoms with Crippen LogP contribution < -0.4 is 4.74 Å². The molecule has 1 aromatic carbocycles. The molecule has 0 N–H and O–H groups in total. The van der Waals surface area contributed by atoms with Crippen molar-refractivity contribution in [3.8, 4) is 11.7 Å². The highest BCUT2D eigenvalue weighted by molar-refractivity contribution is 7.98. The zero-order valence-corrected chi connectivity index (χ0v) is 20.6. The molecule has 0 fully saturated rings. The van der Waals surface area contributed by atoms with Crippen LogP contribution in [0.25, 0.3) is 16.2 Å². The molecule has 0 aliphatic carbocycles. The van der Waals surface area contributed by atoms with Crippen molar-refractivity contribution in [1.82, 2.24) is 19.7 Å². The van der Waals surface area contributed by atoms with Crippen LogP contribution in [-0.2, 0) is 23.5 Å². The lowest BCUT2D eigenvalue weighted by Gasteiger charge is -2.30. The Bertz CT molecular complexity index is 1290. The van der Waals surface area contributed by atoms with E-state index in [4.69, 9.17) is 19.4 Å². The summed E-state index contributed by atoms with van der Waals surface area (Å²) < 4.78 is 13.2. The van der Waals surface area contributed by atoms with Gasteiger partial charge in [0.1, 0.15) is 15.6 Å². The highest BCUT2D eigenvalue weighted by Gasteiger charge is 2.31. The summed E-state index contributed by atoms with van der Waals surface area (Å²) >= 11 is 3.46. The van der Waals surface area contributed by atoms with Crippen LogP contribution in [0, 0.1) is 13.8 Å². The Kier molecular flexibility index (Phi) is 5.47. The molecule has 8 heteroatoms. The monoisotopic (exact) mass is 466 g/mol. The lowest BCUT2D eigenvalue weighted by molar-refractivity contribution is -0.0379. The molecule has 0 amide bonds. The molecule has 1 aliphatic rings. The topological polar surface area (TPSA) is 62.1 Å². The van der Waals surface area contributed by atoms with Crippen LogP contribution >= 0.6 is 23.1 Å². The minimum Gasteiger partial charge on any atom is -0.497 e. The van der Waals surface area contributed by atoms with Gasteiger partial charge in [0, 0.05) is 28.1 Å². The summed E-state index contributed by atoms with van der Waals surface area (Å²) in [6.07, 6.45) is 0.862. The third-order valence-electron chi connectivity index (χ3n) is 5.62. The van der Waals surface area contributed by atoms with Crippen molar-refractivity contribution in [3.05, 3.63) is 57.7 Å². The average Bonchev–Trinajstić information content (AvgIpc) is 3.30. The van der Waals surface area contributed by atoms with Gasteiger partial charge in [0.2, 0.25) is 0 Å². The third-order valence-corrected chi connectivity index (χ3v) is 7.77. The summed E-state index contributed by atoms with van der Waals surface area (Å²) in [7, 11) is 1.69. The minimum atomic E-state index is -0.187. The van der Waals surface area contributed by atoms with Crippen molar-refractivity contribution in [3.63, 3.8) is 0 Å². The molecule has 0 radical (unpaired) electrons. The maximum atomic E-state index is 6.08. The van der Waals surface area contributed by atoms with E-state index in [1.807, 2.05) is 36.7 Å². The molecule has 4 heterocycles. The van der Waals surface area contributed by atoms with E-state index in [1.165, 1.54) is 21.4 Å². The molecule has 1 aliphatic heterocycles. The first kappa shape index (κ1) is 21.4. The maximum Gasteiger partial charge on any atom is 0.253 e. The molecule has 166 valence electrons. The molecular weight excluding hydrogens is 440 g/mol.